The zero-order valence-electron chi connectivity index (χ0n) is 14.3. The van der Waals surface area contributed by atoms with Gasteiger partial charge in [0.2, 0.25) is 0 Å². The van der Waals surface area contributed by atoms with Crippen LogP contribution < -0.4 is 4.90 Å². The number of imidazole rings is 1. The monoisotopic (exact) mass is 311 g/mol. The average molecular weight is 311 g/mol. The van der Waals surface area contributed by atoms with Crippen LogP contribution in [0, 0.1) is 13.8 Å². The predicted octanol–water partition coefficient (Wildman–Crippen LogP) is 3.05. The molecule has 2 aliphatic rings. The maximum atomic E-state index is 5.02. The largest absolute Gasteiger partial charge is 0.345 e. The van der Waals surface area contributed by atoms with Crippen LogP contribution in [-0.4, -0.2) is 26.3 Å². The van der Waals surface area contributed by atoms with E-state index in [1.54, 1.807) is 0 Å². The molecule has 0 saturated carbocycles. The van der Waals surface area contributed by atoms with Gasteiger partial charge in [0, 0.05) is 19.3 Å². The number of nitrogens with zero attached hydrogens (tertiary/aromatic N) is 5. The lowest BCUT2D eigenvalue weighted by Gasteiger charge is -2.25. The van der Waals surface area contributed by atoms with Crippen molar-refractivity contribution in [2.75, 3.05) is 11.4 Å². The molecular formula is C18H25N5. The van der Waals surface area contributed by atoms with Crippen LogP contribution in [0.3, 0.4) is 0 Å². The lowest BCUT2D eigenvalue weighted by Crippen LogP contribution is -2.26. The summed E-state index contributed by atoms with van der Waals surface area (Å²) in [5, 5.41) is 8.77. The number of rotatable bonds is 2. The van der Waals surface area contributed by atoms with Crippen molar-refractivity contribution in [1.29, 1.82) is 0 Å². The van der Waals surface area contributed by atoms with Crippen LogP contribution in [0.5, 0.6) is 0 Å². The first-order valence-corrected chi connectivity index (χ1v) is 8.77. The van der Waals surface area contributed by atoms with E-state index in [1.165, 1.54) is 48.5 Å². The molecule has 5 heteroatoms. The molecule has 3 heterocycles. The Labute approximate surface area is 137 Å². The van der Waals surface area contributed by atoms with Crippen molar-refractivity contribution in [2.45, 2.75) is 58.4 Å². The van der Waals surface area contributed by atoms with Crippen molar-refractivity contribution in [3.8, 4) is 0 Å². The molecule has 122 valence electrons. The second-order valence-corrected chi connectivity index (χ2v) is 6.95. The van der Waals surface area contributed by atoms with Crippen LogP contribution >= 0.6 is 0 Å². The quantitative estimate of drug-likeness (QED) is 0.855. The van der Waals surface area contributed by atoms with Crippen molar-refractivity contribution in [3.05, 3.63) is 34.5 Å². The Bertz CT molecular complexity index is 733. The van der Waals surface area contributed by atoms with Crippen molar-refractivity contribution in [3.63, 3.8) is 0 Å². The minimum atomic E-state index is 0.335. The van der Waals surface area contributed by atoms with E-state index in [4.69, 9.17) is 4.98 Å². The van der Waals surface area contributed by atoms with Crippen molar-refractivity contribution in [2.24, 2.45) is 7.05 Å². The summed E-state index contributed by atoms with van der Waals surface area (Å²) in [5.41, 5.74) is 4.99. The number of aromatic nitrogens is 4. The molecule has 1 saturated heterocycles. The summed E-state index contributed by atoms with van der Waals surface area (Å²) >= 11 is 0. The summed E-state index contributed by atoms with van der Waals surface area (Å²) in [6.07, 6.45) is 7.23. The molecule has 1 unspecified atom stereocenters. The zero-order chi connectivity index (χ0) is 16.0. The third-order valence-corrected chi connectivity index (χ3v) is 5.47. The summed E-state index contributed by atoms with van der Waals surface area (Å²) in [7, 11) is 2.19. The summed E-state index contributed by atoms with van der Waals surface area (Å²) in [5.74, 6) is 2.21. The molecule has 2 aromatic heterocycles. The average Bonchev–Trinajstić information content (AvgIpc) is 3.15. The summed E-state index contributed by atoms with van der Waals surface area (Å²) < 4.78 is 2.35. The molecule has 0 spiro atoms. The Morgan fingerprint density at radius 2 is 1.91 bits per heavy atom. The maximum absolute atomic E-state index is 5.02. The Morgan fingerprint density at radius 1 is 1.09 bits per heavy atom. The molecule has 1 fully saturated rings. The van der Waals surface area contributed by atoms with Gasteiger partial charge in [-0.05, 0) is 64.0 Å². The standard InChI is InChI=1S/C18H25N5/c1-12-11-17(21-20-13(12)2)23-10-6-9-16(23)18-19-14-7-4-5-8-15(14)22(18)3/h11,16H,4-10H2,1-3H3. The van der Waals surface area contributed by atoms with Gasteiger partial charge in [0.15, 0.2) is 5.82 Å². The Morgan fingerprint density at radius 3 is 2.70 bits per heavy atom. The second kappa shape index (κ2) is 5.62. The van der Waals surface area contributed by atoms with Gasteiger partial charge in [-0.1, -0.05) is 0 Å². The lowest BCUT2D eigenvalue weighted by atomic mass is 10.0. The molecule has 0 radical (unpaired) electrons. The first-order chi connectivity index (χ1) is 11.1. The van der Waals surface area contributed by atoms with Crippen molar-refractivity contribution < 1.29 is 0 Å². The predicted molar refractivity (Wildman–Crippen MR) is 90.7 cm³/mol. The molecule has 0 amide bonds. The summed E-state index contributed by atoms with van der Waals surface area (Å²) in [6.45, 7) is 5.16. The van der Waals surface area contributed by atoms with Crippen LogP contribution in [0.4, 0.5) is 5.82 Å². The van der Waals surface area contributed by atoms with E-state index in [2.05, 4.69) is 39.7 Å². The van der Waals surface area contributed by atoms with E-state index in [-0.39, 0.29) is 0 Å². The van der Waals surface area contributed by atoms with E-state index < -0.39 is 0 Å². The van der Waals surface area contributed by atoms with Gasteiger partial charge in [-0.25, -0.2) is 4.98 Å². The third kappa shape index (κ3) is 2.42. The highest BCUT2D eigenvalue weighted by Crippen LogP contribution is 2.36. The van der Waals surface area contributed by atoms with Gasteiger partial charge in [0.05, 0.1) is 17.4 Å². The normalized spacial score (nSPS) is 20.8. The van der Waals surface area contributed by atoms with Gasteiger partial charge in [-0.2, -0.15) is 5.10 Å². The molecule has 5 nitrogen and oxygen atoms in total. The fraction of sp³-hybridized carbons (Fsp3) is 0.611. The molecule has 4 rings (SSSR count). The molecule has 0 aromatic carbocycles. The maximum Gasteiger partial charge on any atom is 0.152 e. The van der Waals surface area contributed by atoms with Crippen LogP contribution in [0.15, 0.2) is 6.07 Å². The fourth-order valence-corrected chi connectivity index (χ4v) is 3.99. The van der Waals surface area contributed by atoms with E-state index in [0.29, 0.717) is 6.04 Å². The first kappa shape index (κ1) is 14.7. The number of hydrogen-bond acceptors (Lipinski definition) is 4. The van der Waals surface area contributed by atoms with E-state index in [0.717, 1.165) is 30.9 Å². The molecular weight excluding hydrogens is 286 g/mol. The SMILES string of the molecule is Cc1cc(N2CCCC2c2nc3c(n2C)CCCC3)nnc1C. The van der Waals surface area contributed by atoms with Gasteiger partial charge >= 0.3 is 0 Å². The summed E-state index contributed by atoms with van der Waals surface area (Å²) in [4.78, 5) is 7.42. The Balaban J connectivity index is 1.70. The second-order valence-electron chi connectivity index (χ2n) is 6.95. The molecule has 2 aromatic rings. The molecule has 0 bridgehead atoms. The van der Waals surface area contributed by atoms with Gasteiger partial charge in [-0.15, -0.1) is 5.10 Å². The minimum absolute atomic E-state index is 0.335. The zero-order valence-corrected chi connectivity index (χ0v) is 14.3. The summed E-state index contributed by atoms with van der Waals surface area (Å²) in [6, 6.07) is 2.51. The van der Waals surface area contributed by atoms with Crippen molar-refractivity contribution in [1.82, 2.24) is 19.7 Å². The molecule has 1 aliphatic heterocycles. The number of hydrogen-bond donors (Lipinski definition) is 0. The van der Waals surface area contributed by atoms with E-state index in [9.17, 15) is 0 Å². The molecule has 23 heavy (non-hydrogen) atoms. The van der Waals surface area contributed by atoms with Crippen LogP contribution in [0.25, 0.3) is 0 Å². The van der Waals surface area contributed by atoms with Gasteiger partial charge < -0.3 is 9.47 Å². The highest BCUT2D eigenvalue weighted by molar-refractivity contribution is 5.44. The minimum Gasteiger partial charge on any atom is -0.345 e. The van der Waals surface area contributed by atoms with Crippen LogP contribution in [-0.2, 0) is 19.9 Å². The van der Waals surface area contributed by atoms with Crippen LogP contribution in [0.1, 0.15) is 60.2 Å². The van der Waals surface area contributed by atoms with Gasteiger partial charge in [-0.3, -0.25) is 0 Å². The topological polar surface area (TPSA) is 46.8 Å². The highest BCUT2D eigenvalue weighted by atomic mass is 15.3. The number of anilines is 1. The molecule has 1 aliphatic carbocycles. The van der Waals surface area contributed by atoms with Crippen LogP contribution in [0.2, 0.25) is 0 Å². The van der Waals surface area contributed by atoms with E-state index in [1.807, 2.05) is 6.92 Å². The lowest BCUT2D eigenvalue weighted by molar-refractivity contribution is 0.605. The number of aryl methyl sites for hydroxylation is 3. The molecule has 1 atom stereocenters. The van der Waals surface area contributed by atoms with E-state index >= 15 is 0 Å². The van der Waals surface area contributed by atoms with Gasteiger partial charge in [0.25, 0.3) is 0 Å². The number of fused-ring (bicyclic) bond motifs is 1. The Kier molecular flexibility index (Phi) is 3.58. The third-order valence-electron chi connectivity index (χ3n) is 5.47. The highest BCUT2D eigenvalue weighted by Gasteiger charge is 2.32. The smallest absolute Gasteiger partial charge is 0.152 e. The molecule has 0 N–H and O–H groups in total. The van der Waals surface area contributed by atoms with Crippen molar-refractivity contribution >= 4 is 5.82 Å². The Hall–Kier alpha value is -1.91. The first-order valence-electron chi connectivity index (χ1n) is 8.77. The van der Waals surface area contributed by atoms with Gasteiger partial charge in [0.1, 0.15) is 5.82 Å². The fourth-order valence-electron chi connectivity index (χ4n) is 3.99.